The Morgan fingerprint density at radius 2 is 2.15 bits per heavy atom. The maximum Gasteiger partial charge on any atom is 0.343 e. The Balaban J connectivity index is 2.52. The van der Waals surface area contributed by atoms with Gasteiger partial charge in [-0.3, -0.25) is 10.1 Å². The molecule has 0 unspecified atom stereocenters. The topological polar surface area (TPSA) is 109 Å². The second-order valence-corrected chi connectivity index (χ2v) is 4.01. The van der Waals surface area contributed by atoms with Crippen LogP contribution in [0.15, 0.2) is 36.5 Å². The predicted molar refractivity (Wildman–Crippen MR) is 68.3 cm³/mol. The van der Waals surface area contributed by atoms with E-state index in [1.54, 1.807) is 18.3 Å². The lowest BCUT2D eigenvalue weighted by Gasteiger charge is -2.08. The first-order chi connectivity index (χ1) is 9.54. The van der Waals surface area contributed by atoms with Crippen molar-refractivity contribution in [3.8, 4) is 6.07 Å². The number of aromatic carboxylic acids is 1. The minimum atomic E-state index is -1.36. The third-order valence-electron chi connectivity index (χ3n) is 2.82. The molecule has 7 heteroatoms. The molecule has 1 heterocycles. The summed E-state index contributed by atoms with van der Waals surface area (Å²) in [6.45, 7) is 0.0825. The summed E-state index contributed by atoms with van der Waals surface area (Å²) < 4.78 is 1.53. The summed E-state index contributed by atoms with van der Waals surface area (Å²) in [5.41, 5.74) is -0.178. The Labute approximate surface area is 113 Å². The van der Waals surface area contributed by atoms with Gasteiger partial charge in [-0.05, 0) is 17.7 Å². The zero-order chi connectivity index (χ0) is 14.7. The highest BCUT2D eigenvalue weighted by Crippen LogP contribution is 2.23. The first-order valence-electron chi connectivity index (χ1n) is 5.59. The molecule has 0 atom stereocenters. The van der Waals surface area contributed by atoms with Crippen LogP contribution in [0.5, 0.6) is 0 Å². The molecule has 2 rings (SSSR count). The SMILES string of the molecule is N#Cc1cccn1Cc1cccc([N+](=O)[O-])c1C(=O)O. The standard InChI is InChI=1S/C13H9N3O4/c14-7-10-4-2-6-15(10)8-9-3-1-5-11(16(19)20)12(9)13(17)18/h1-6H,8H2,(H,17,18). The highest BCUT2D eigenvalue weighted by molar-refractivity contribution is 5.94. The second kappa shape index (κ2) is 5.24. The monoisotopic (exact) mass is 271 g/mol. The van der Waals surface area contributed by atoms with Gasteiger partial charge < -0.3 is 9.67 Å². The normalized spacial score (nSPS) is 9.95. The van der Waals surface area contributed by atoms with Crippen molar-refractivity contribution >= 4 is 11.7 Å². The van der Waals surface area contributed by atoms with E-state index in [1.165, 1.54) is 16.7 Å². The third kappa shape index (κ3) is 2.35. The Morgan fingerprint density at radius 3 is 2.75 bits per heavy atom. The number of nitro benzene ring substituents is 1. The fourth-order valence-electron chi connectivity index (χ4n) is 1.95. The smallest absolute Gasteiger partial charge is 0.343 e. The van der Waals surface area contributed by atoms with Crippen LogP contribution in [-0.2, 0) is 6.54 Å². The molecular formula is C13H9N3O4. The maximum atomic E-state index is 11.3. The molecule has 0 fully saturated rings. The fraction of sp³-hybridized carbons (Fsp3) is 0.0769. The van der Waals surface area contributed by atoms with Gasteiger partial charge in [-0.1, -0.05) is 12.1 Å². The maximum absolute atomic E-state index is 11.3. The van der Waals surface area contributed by atoms with Gasteiger partial charge in [-0.15, -0.1) is 0 Å². The lowest BCUT2D eigenvalue weighted by molar-refractivity contribution is -0.385. The zero-order valence-corrected chi connectivity index (χ0v) is 10.2. The summed E-state index contributed by atoms with van der Waals surface area (Å²) in [5, 5.41) is 29.0. The number of hydrogen-bond donors (Lipinski definition) is 1. The highest BCUT2D eigenvalue weighted by atomic mass is 16.6. The summed E-state index contributed by atoms with van der Waals surface area (Å²) in [7, 11) is 0. The number of nitro groups is 1. The van der Waals surface area contributed by atoms with Crippen LogP contribution in [0.4, 0.5) is 5.69 Å². The van der Waals surface area contributed by atoms with Crippen LogP contribution in [0.25, 0.3) is 0 Å². The van der Waals surface area contributed by atoms with E-state index in [2.05, 4.69) is 0 Å². The van der Waals surface area contributed by atoms with Gasteiger partial charge in [-0.25, -0.2) is 4.79 Å². The number of benzene rings is 1. The van der Waals surface area contributed by atoms with Crippen LogP contribution in [0, 0.1) is 21.4 Å². The molecule has 0 spiro atoms. The largest absolute Gasteiger partial charge is 0.477 e. The quantitative estimate of drug-likeness (QED) is 0.675. The summed E-state index contributed by atoms with van der Waals surface area (Å²) in [5.74, 6) is -1.36. The molecule has 0 aliphatic rings. The van der Waals surface area contributed by atoms with Crippen LogP contribution in [0.3, 0.4) is 0 Å². The first kappa shape index (κ1) is 13.3. The van der Waals surface area contributed by atoms with E-state index in [1.807, 2.05) is 6.07 Å². The van der Waals surface area contributed by atoms with E-state index in [0.717, 1.165) is 6.07 Å². The molecule has 1 aromatic carbocycles. The Morgan fingerprint density at radius 1 is 1.40 bits per heavy atom. The van der Waals surface area contributed by atoms with Gasteiger partial charge >= 0.3 is 5.97 Å². The Hall–Kier alpha value is -3.14. The molecule has 1 N–H and O–H groups in total. The molecule has 0 amide bonds. The van der Waals surface area contributed by atoms with Crippen LogP contribution < -0.4 is 0 Å². The second-order valence-electron chi connectivity index (χ2n) is 4.01. The van der Waals surface area contributed by atoms with Crippen molar-refractivity contribution in [1.29, 1.82) is 5.26 Å². The van der Waals surface area contributed by atoms with E-state index in [0.29, 0.717) is 5.69 Å². The zero-order valence-electron chi connectivity index (χ0n) is 10.2. The first-order valence-corrected chi connectivity index (χ1v) is 5.59. The van der Waals surface area contributed by atoms with Crippen molar-refractivity contribution in [2.24, 2.45) is 0 Å². The number of carboxylic acid groups (broad SMARTS) is 1. The lowest BCUT2D eigenvalue weighted by atomic mass is 10.1. The molecule has 0 aliphatic heterocycles. The van der Waals surface area contributed by atoms with Crippen LogP contribution in [-0.4, -0.2) is 20.6 Å². The summed E-state index contributed by atoms with van der Waals surface area (Å²) in [6.07, 6.45) is 1.61. The van der Waals surface area contributed by atoms with Crippen molar-refractivity contribution in [1.82, 2.24) is 4.57 Å². The van der Waals surface area contributed by atoms with Gasteiger partial charge in [0.1, 0.15) is 17.3 Å². The van der Waals surface area contributed by atoms with Gasteiger partial charge in [-0.2, -0.15) is 5.26 Å². The summed E-state index contributed by atoms with van der Waals surface area (Å²) >= 11 is 0. The van der Waals surface area contributed by atoms with E-state index in [4.69, 9.17) is 5.26 Å². The van der Waals surface area contributed by atoms with Crippen molar-refractivity contribution in [2.75, 3.05) is 0 Å². The van der Waals surface area contributed by atoms with Gasteiger partial charge in [0.05, 0.1) is 4.92 Å². The molecule has 1 aromatic heterocycles. The molecule has 2 aromatic rings. The Bertz CT molecular complexity index is 727. The number of nitrogens with zero attached hydrogens (tertiary/aromatic N) is 3. The fourth-order valence-corrected chi connectivity index (χ4v) is 1.95. The van der Waals surface area contributed by atoms with E-state index in [9.17, 15) is 20.0 Å². The van der Waals surface area contributed by atoms with Crippen LogP contribution >= 0.6 is 0 Å². The van der Waals surface area contributed by atoms with E-state index >= 15 is 0 Å². The highest BCUT2D eigenvalue weighted by Gasteiger charge is 2.23. The van der Waals surface area contributed by atoms with Crippen molar-refractivity contribution in [2.45, 2.75) is 6.54 Å². The van der Waals surface area contributed by atoms with Gasteiger partial charge in [0, 0.05) is 18.8 Å². The number of aromatic nitrogens is 1. The summed E-state index contributed by atoms with van der Waals surface area (Å²) in [6, 6.07) is 9.26. The van der Waals surface area contributed by atoms with Crippen molar-refractivity contribution in [3.05, 3.63) is 63.5 Å². The molecule has 0 saturated heterocycles. The minimum Gasteiger partial charge on any atom is -0.477 e. The molecule has 7 nitrogen and oxygen atoms in total. The number of nitriles is 1. The number of rotatable bonds is 4. The van der Waals surface area contributed by atoms with Crippen LogP contribution in [0.1, 0.15) is 21.6 Å². The lowest BCUT2D eigenvalue weighted by Crippen LogP contribution is -2.10. The minimum absolute atomic E-state index is 0.0825. The average Bonchev–Trinajstić information content (AvgIpc) is 2.85. The molecule has 20 heavy (non-hydrogen) atoms. The third-order valence-corrected chi connectivity index (χ3v) is 2.82. The molecular weight excluding hydrogens is 262 g/mol. The van der Waals surface area contributed by atoms with Gasteiger partial charge in [0.15, 0.2) is 0 Å². The van der Waals surface area contributed by atoms with Crippen molar-refractivity contribution in [3.63, 3.8) is 0 Å². The summed E-state index contributed by atoms with van der Waals surface area (Å²) in [4.78, 5) is 21.4. The number of carbonyl (C=O) groups is 1. The molecule has 0 saturated carbocycles. The van der Waals surface area contributed by atoms with Gasteiger partial charge in [0.25, 0.3) is 5.69 Å². The molecule has 100 valence electrons. The van der Waals surface area contributed by atoms with Crippen molar-refractivity contribution < 1.29 is 14.8 Å². The number of hydrogen-bond acceptors (Lipinski definition) is 4. The molecule has 0 radical (unpaired) electrons. The average molecular weight is 271 g/mol. The van der Waals surface area contributed by atoms with E-state index < -0.39 is 16.6 Å². The predicted octanol–water partition coefficient (Wildman–Crippen LogP) is 2.01. The molecule has 0 aliphatic carbocycles. The Kier molecular flexibility index (Phi) is 3.48. The van der Waals surface area contributed by atoms with Gasteiger partial charge in [0.2, 0.25) is 0 Å². The number of carboxylic acids is 1. The molecule has 0 bridgehead atoms. The van der Waals surface area contributed by atoms with E-state index in [-0.39, 0.29) is 17.7 Å². The van der Waals surface area contributed by atoms with Crippen LogP contribution in [0.2, 0.25) is 0 Å².